The van der Waals surface area contributed by atoms with Crippen molar-refractivity contribution in [2.75, 3.05) is 29.9 Å². The third-order valence-corrected chi connectivity index (χ3v) is 4.32. The zero-order valence-corrected chi connectivity index (χ0v) is 14.0. The van der Waals surface area contributed by atoms with Gasteiger partial charge in [0.25, 0.3) is 0 Å². The summed E-state index contributed by atoms with van der Waals surface area (Å²) in [5.74, 6) is 3.63. The number of anilines is 2. The molecule has 2 atom stereocenters. The Balaban J connectivity index is 1.48. The molecule has 1 N–H and O–H groups in total. The number of aromatic nitrogens is 4. The van der Waals surface area contributed by atoms with Crippen LogP contribution in [0.1, 0.15) is 37.7 Å². The Morgan fingerprint density at radius 3 is 2.88 bits per heavy atom. The number of hydrogen-bond donors (Lipinski definition) is 1. The third-order valence-electron chi connectivity index (χ3n) is 4.32. The maximum atomic E-state index is 5.96. The van der Waals surface area contributed by atoms with Crippen molar-refractivity contribution >= 4 is 11.6 Å². The Morgan fingerprint density at radius 1 is 1.25 bits per heavy atom. The second kappa shape index (κ2) is 6.35. The topological polar surface area (TPSA) is 89.2 Å². The van der Waals surface area contributed by atoms with Crippen LogP contribution < -0.4 is 10.2 Å². The minimum atomic E-state index is -0.243. The molecule has 0 amide bonds. The number of aryl methyl sites for hydroxylation is 1. The van der Waals surface area contributed by atoms with E-state index in [-0.39, 0.29) is 12.2 Å². The van der Waals surface area contributed by atoms with Crippen LogP contribution in [-0.4, -0.2) is 45.9 Å². The molecule has 8 heteroatoms. The van der Waals surface area contributed by atoms with E-state index in [2.05, 4.69) is 30.4 Å². The van der Waals surface area contributed by atoms with Crippen LogP contribution in [0.2, 0.25) is 0 Å². The summed E-state index contributed by atoms with van der Waals surface area (Å²) in [4.78, 5) is 10.9. The van der Waals surface area contributed by atoms with Crippen molar-refractivity contribution in [2.24, 2.45) is 5.92 Å². The molecule has 0 aromatic carbocycles. The molecule has 128 valence electrons. The highest BCUT2D eigenvalue weighted by Crippen LogP contribution is 2.30. The number of morpholine rings is 1. The number of nitrogens with zero attached hydrogens (tertiary/aromatic N) is 5. The quantitative estimate of drug-likeness (QED) is 0.890. The molecule has 1 saturated heterocycles. The number of hydrogen-bond acceptors (Lipinski definition) is 8. The highest BCUT2D eigenvalue weighted by molar-refractivity contribution is 5.49. The summed E-state index contributed by atoms with van der Waals surface area (Å²) >= 11 is 0. The van der Waals surface area contributed by atoms with Crippen LogP contribution in [-0.2, 0) is 4.74 Å². The van der Waals surface area contributed by atoms with Crippen LogP contribution in [0.5, 0.6) is 0 Å². The summed E-state index contributed by atoms with van der Waals surface area (Å²) in [5, 5.41) is 11.4. The molecule has 0 unspecified atom stereocenters. The van der Waals surface area contributed by atoms with Crippen LogP contribution in [0, 0.1) is 12.8 Å². The van der Waals surface area contributed by atoms with Crippen LogP contribution in [0.3, 0.4) is 0 Å². The van der Waals surface area contributed by atoms with Gasteiger partial charge in [0, 0.05) is 26.1 Å². The van der Waals surface area contributed by atoms with E-state index >= 15 is 0 Å². The van der Waals surface area contributed by atoms with E-state index < -0.39 is 0 Å². The van der Waals surface area contributed by atoms with Crippen molar-refractivity contribution in [3.63, 3.8) is 0 Å². The van der Waals surface area contributed by atoms with Gasteiger partial charge in [-0.1, -0.05) is 0 Å². The molecule has 4 rings (SSSR count). The predicted molar refractivity (Wildman–Crippen MR) is 87.8 cm³/mol. The first-order chi connectivity index (χ1) is 11.7. The standard InChI is InChI=1S/C16H22N6O2/c1-10-7-22(8-13(23-10)16-21-20-11(2)24-16)15-5-14(18-9-19-15)17-6-12-3-4-12/h5,9-10,12-13H,3-4,6-8H2,1-2H3,(H,17,18,19)/t10-,13-/m1/s1. The summed E-state index contributed by atoms with van der Waals surface area (Å²) in [6.07, 6.45) is 4.05. The number of ether oxygens (including phenoxy) is 1. The van der Waals surface area contributed by atoms with Gasteiger partial charge in [0.05, 0.1) is 12.6 Å². The molecule has 0 radical (unpaired) electrons. The summed E-state index contributed by atoms with van der Waals surface area (Å²) in [6, 6.07) is 2.00. The molecule has 2 aromatic rings. The fraction of sp³-hybridized carbons (Fsp3) is 0.625. The van der Waals surface area contributed by atoms with Crippen molar-refractivity contribution in [1.82, 2.24) is 20.2 Å². The minimum absolute atomic E-state index is 0.0498. The first-order valence-corrected chi connectivity index (χ1v) is 8.43. The van der Waals surface area contributed by atoms with Crippen molar-refractivity contribution in [1.29, 1.82) is 0 Å². The number of rotatable bonds is 5. The van der Waals surface area contributed by atoms with Gasteiger partial charge in [0.15, 0.2) is 6.10 Å². The molecule has 24 heavy (non-hydrogen) atoms. The Morgan fingerprint density at radius 2 is 2.12 bits per heavy atom. The molecule has 2 fully saturated rings. The molecule has 3 heterocycles. The van der Waals surface area contributed by atoms with Gasteiger partial charge in [-0.25, -0.2) is 9.97 Å². The Kier molecular flexibility index (Phi) is 4.05. The van der Waals surface area contributed by atoms with Crippen molar-refractivity contribution in [3.8, 4) is 0 Å². The van der Waals surface area contributed by atoms with E-state index in [1.165, 1.54) is 12.8 Å². The summed E-state index contributed by atoms with van der Waals surface area (Å²) in [7, 11) is 0. The van der Waals surface area contributed by atoms with E-state index in [9.17, 15) is 0 Å². The molecular weight excluding hydrogens is 308 g/mol. The summed E-state index contributed by atoms with van der Waals surface area (Å²) < 4.78 is 11.5. The molecule has 1 saturated carbocycles. The van der Waals surface area contributed by atoms with E-state index in [0.717, 1.165) is 30.6 Å². The van der Waals surface area contributed by atoms with Crippen molar-refractivity contribution in [2.45, 2.75) is 38.9 Å². The molecule has 1 aliphatic heterocycles. The summed E-state index contributed by atoms with van der Waals surface area (Å²) in [6.45, 7) is 6.20. The van der Waals surface area contributed by atoms with Gasteiger partial charge in [-0.15, -0.1) is 10.2 Å². The van der Waals surface area contributed by atoms with Gasteiger partial charge in [-0.2, -0.15) is 0 Å². The maximum absolute atomic E-state index is 5.96. The monoisotopic (exact) mass is 330 g/mol. The van der Waals surface area contributed by atoms with Gasteiger partial charge in [0.2, 0.25) is 11.8 Å². The molecule has 0 bridgehead atoms. The van der Waals surface area contributed by atoms with E-state index in [1.54, 1.807) is 13.3 Å². The lowest BCUT2D eigenvalue weighted by molar-refractivity contribution is -0.0313. The Bertz CT molecular complexity index is 701. The SMILES string of the molecule is Cc1nnc([C@H]2CN(c3cc(NCC4CC4)ncn3)C[C@@H](C)O2)o1. The fourth-order valence-corrected chi connectivity index (χ4v) is 2.90. The highest BCUT2D eigenvalue weighted by Gasteiger charge is 2.31. The van der Waals surface area contributed by atoms with Crippen LogP contribution in [0.4, 0.5) is 11.6 Å². The molecule has 1 aliphatic carbocycles. The van der Waals surface area contributed by atoms with E-state index in [1.807, 2.05) is 13.0 Å². The van der Waals surface area contributed by atoms with Gasteiger partial charge in [-0.3, -0.25) is 0 Å². The van der Waals surface area contributed by atoms with Gasteiger partial charge in [0.1, 0.15) is 18.0 Å². The third kappa shape index (κ3) is 3.48. The average Bonchev–Trinajstić information content (AvgIpc) is 3.32. The van der Waals surface area contributed by atoms with Crippen LogP contribution in [0.15, 0.2) is 16.8 Å². The zero-order chi connectivity index (χ0) is 16.5. The largest absolute Gasteiger partial charge is 0.423 e. The Hall–Kier alpha value is -2.22. The van der Waals surface area contributed by atoms with E-state index in [4.69, 9.17) is 9.15 Å². The first kappa shape index (κ1) is 15.3. The molecule has 2 aromatic heterocycles. The Labute approximate surface area is 140 Å². The molecular formula is C16H22N6O2. The molecule has 8 nitrogen and oxygen atoms in total. The van der Waals surface area contributed by atoms with E-state index in [0.29, 0.717) is 18.3 Å². The molecule has 0 spiro atoms. The van der Waals surface area contributed by atoms with Crippen LogP contribution in [0.25, 0.3) is 0 Å². The van der Waals surface area contributed by atoms with Gasteiger partial charge >= 0.3 is 0 Å². The second-order valence-corrected chi connectivity index (χ2v) is 6.59. The predicted octanol–water partition coefficient (Wildman–Crippen LogP) is 1.96. The second-order valence-electron chi connectivity index (χ2n) is 6.59. The smallest absolute Gasteiger partial charge is 0.247 e. The minimum Gasteiger partial charge on any atom is -0.423 e. The lowest BCUT2D eigenvalue weighted by atomic mass is 10.2. The zero-order valence-electron chi connectivity index (χ0n) is 14.0. The van der Waals surface area contributed by atoms with Crippen molar-refractivity contribution in [3.05, 3.63) is 24.2 Å². The van der Waals surface area contributed by atoms with Gasteiger partial charge in [-0.05, 0) is 25.7 Å². The fourth-order valence-electron chi connectivity index (χ4n) is 2.90. The highest BCUT2D eigenvalue weighted by atomic mass is 16.5. The van der Waals surface area contributed by atoms with Gasteiger partial charge < -0.3 is 19.4 Å². The molecule has 2 aliphatic rings. The summed E-state index contributed by atoms with van der Waals surface area (Å²) in [5.41, 5.74) is 0. The number of nitrogens with one attached hydrogen (secondary N) is 1. The lowest BCUT2D eigenvalue weighted by Crippen LogP contribution is -2.43. The van der Waals surface area contributed by atoms with Crippen LogP contribution >= 0.6 is 0 Å². The first-order valence-electron chi connectivity index (χ1n) is 8.43. The lowest BCUT2D eigenvalue weighted by Gasteiger charge is -2.36. The average molecular weight is 330 g/mol. The normalized spacial score (nSPS) is 24.2. The maximum Gasteiger partial charge on any atom is 0.247 e. The van der Waals surface area contributed by atoms with Crippen molar-refractivity contribution < 1.29 is 9.15 Å².